The van der Waals surface area contributed by atoms with Crippen molar-refractivity contribution in [1.29, 1.82) is 0 Å². The third-order valence-corrected chi connectivity index (χ3v) is 5.48. The van der Waals surface area contributed by atoms with Crippen LogP contribution in [0.4, 0.5) is 0 Å². The number of methoxy groups -OCH3 is 1. The van der Waals surface area contributed by atoms with Crippen molar-refractivity contribution in [3.63, 3.8) is 0 Å². The van der Waals surface area contributed by atoms with Crippen molar-refractivity contribution < 1.29 is 54.4 Å². The van der Waals surface area contributed by atoms with Crippen molar-refractivity contribution in [2.75, 3.05) is 13.7 Å². The Morgan fingerprint density at radius 1 is 0.971 bits per heavy atom. The van der Waals surface area contributed by atoms with Crippen molar-refractivity contribution in [3.05, 3.63) is 40.6 Å². The first kappa shape index (κ1) is 23.6. The average molecular weight is 478 g/mol. The summed E-state index contributed by atoms with van der Waals surface area (Å²) in [5.41, 5.74) is -0.525. The van der Waals surface area contributed by atoms with Gasteiger partial charge < -0.3 is 54.4 Å². The Balaban J connectivity index is 1.78. The summed E-state index contributed by atoms with van der Waals surface area (Å²) in [6.45, 7) is -0.690. The van der Waals surface area contributed by atoms with Crippen LogP contribution in [0.2, 0.25) is 0 Å². The zero-order chi connectivity index (χ0) is 24.7. The molecule has 3 aromatic rings. The third kappa shape index (κ3) is 3.97. The van der Waals surface area contributed by atoms with E-state index in [9.17, 15) is 40.5 Å². The number of aliphatic hydroxyl groups is 4. The van der Waals surface area contributed by atoms with Crippen LogP contribution in [0.3, 0.4) is 0 Å². The van der Waals surface area contributed by atoms with E-state index in [-0.39, 0.29) is 33.8 Å². The Bertz CT molecular complexity index is 1270. The first-order chi connectivity index (χ1) is 16.2. The molecular formula is C22H22O12. The number of phenolic OH excluding ortho intramolecular Hbond substituents is 3. The molecule has 0 amide bonds. The van der Waals surface area contributed by atoms with E-state index in [2.05, 4.69) is 0 Å². The minimum atomic E-state index is -1.77. The second-order valence-corrected chi connectivity index (χ2v) is 7.62. The number of fused-ring (bicyclic) bond motifs is 1. The van der Waals surface area contributed by atoms with E-state index in [1.165, 1.54) is 31.4 Å². The number of aromatic hydroxyl groups is 3. The molecule has 12 nitrogen and oxygen atoms in total. The number of phenols is 3. The van der Waals surface area contributed by atoms with Gasteiger partial charge in [0.2, 0.25) is 12.0 Å². The number of hydrogen-bond acceptors (Lipinski definition) is 12. The van der Waals surface area contributed by atoms with Crippen LogP contribution in [0, 0.1) is 0 Å². The molecule has 0 aliphatic carbocycles. The maximum absolute atomic E-state index is 12.8. The molecule has 0 spiro atoms. The largest absolute Gasteiger partial charge is 0.504 e. The third-order valence-electron chi connectivity index (χ3n) is 5.48. The molecule has 0 saturated carbocycles. The fourth-order valence-corrected chi connectivity index (χ4v) is 3.63. The second kappa shape index (κ2) is 9.00. The van der Waals surface area contributed by atoms with Gasteiger partial charge in [-0.25, -0.2) is 0 Å². The molecule has 2 aromatic carbocycles. The minimum absolute atomic E-state index is 0.0249. The van der Waals surface area contributed by atoms with Crippen LogP contribution in [0.5, 0.6) is 28.7 Å². The van der Waals surface area contributed by atoms with Crippen molar-refractivity contribution in [2.45, 2.75) is 30.7 Å². The van der Waals surface area contributed by atoms with Crippen LogP contribution < -0.4 is 14.9 Å². The number of benzene rings is 2. The van der Waals surface area contributed by atoms with Gasteiger partial charge in [0.05, 0.1) is 13.7 Å². The molecule has 1 aliphatic heterocycles. The molecule has 2 heterocycles. The maximum Gasteiger partial charge on any atom is 0.229 e. The zero-order valence-electron chi connectivity index (χ0n) is 17.7. The Morgan fingerprint density at radius 2 is 1.71 bits per heavy atom. The monoisotopic (exact) mass is 478 g/mol. The average Bonchev–Trinajstić information content (AvgIpc) is 2.81. The molecule has 12 heteroatoms. The molecule has 7 N–H and O–H groups in total. The Morgan fingerprint density at radius 3 is 2.35 bits per heavy atom. The van der Waals surface area contributed by atoms with Crippen LogP contribution in [0.25, 0.3) is 22.3 Å². The summed E-state index contributed by atoms with van der Waals surface area (Å²) in [5, 5.41) is 69.2. The van der Waals surface area contributed by atoms with E-state index >= 15 is 0 Å². The molecule has 4 rings (SSSR count). The molecule has 1 aliphatic rings. The lowest BCUT2D eigenvalue weighted by atomic mass is 9.99. The predicted molar refractivity (Wildman–Crippen MR) is 114 cm³/mol. The van der Waals surface area contributed by atoms with Crippen molar-refractivity contribution in [2.24, 2.45) is 0 Å². The lowest BCUT2D eigenvalue weighted by Crippen LogP contribution is -2.60. The summed E-state index contributed by atoms with van der Waals surface area (Å²) >= 11 is 0. The van der Waals surface area contributed by atoms with E-state index in [1.54, 1.807) is 0 Å². The standard InChI is InChI=1S/C22H22O12/c1-31-14-6-13-16(11(26)5-12(32-13)8-2-3-9(24)10(25)4-8)18(28)21(14)34-22-20(30)19(29)17(27)15(7-23)33-22/h2-6,15,17,19-20,22-25,27-30H,7H2,1H3/t15-,17+,19-,20-,22-/m1/s1. The van der Waals surface area contributed by atoms with Crippen LogP contribution >= 0.6 is 0 Å². The van der Waals surface area contributed by atoms with E-state index in [0.717, 1.165) is 6.07 Å². The summed E-state index contributed by atoms with van der Waals surface area (Å²) in [7, 11) is 1.24. The highest BCUT2D eigenvalue weighted by Gasteiger charge is 2.45. The molecule has 5 atom stereocenters. The van der Waals surface area contributed by atoms with Crippen LogP contribution in [0.15, 0.2) is 39.5 Å². The van der Waals surface area contributed by atoms with Crippen LogP contribution in [0.1, 0.15) is 0 Å². The quantitative estimate of drug-likeness (QED) is 0.238. The lowest BCUT2D eigenvalue weighted by Gasteiger charge is -2.39. The van der Waals surface area contributed by atoms with Crippen molar-refractivity contribution in [3.8, 4) is 40.1 Å². The topological polar surface area (TPSA) is 200 Å². The summed E-state index contributed by atoms with van der Waals surface area (Å²) in [6, 6.07) is 6.10. The fourth-order valence-electron chi connectivity index (χ4n) is 3.63. The smallest absolute Gasteiger partial charge is 0.229 e. The molecule has 1 saturated heterocycles. The summed E-state index contributed by atoms with van der Waals surface area (Å²) < 4.78 is 21.7. The van der Waals surface area contributed by atoms with E-state index < -0.39 is 60.0 Å². The molecule has 0 unspecified atom stereocenters. The normalized spacial score (nSPS) is 24.8. The molecular weight excluding hydrogens is 456 g/mol. The Kier molecular flexibility index (Phi) is 6.25. The predicted octanol–water partition coefficient (Wildman–Crippen LogP) is -0.236. The maximum atomic E-state index is 12.8. The number of aliphatic hydroxyl groups excluding tert-OH is 4. The second-order valence-electron chi connectivity index (χ2n) is 7.62. The van der Waals surface area contributed by atoms with Gasteiger partial charge in [-0.15, -0.1) is 0 Å². The molecule has 1 aromatic heterocycles. The van der Waals surface area contributed by atoms with Gasteiger partial charge in [0, 0.05) is 17.7 Å². The Hall–Kier alpha value is -3.55. The van der Waals surface area contributed by atoms with E-state index in [1.807, 2.05) is 0 Å². The first-order valence-electron chi connectivity index (χ1n) is 10.0. The van der Waals surface area contributed by atoms with Gasteiger partial charge in [-0.3, -0.25) is 4.79 Å². The zero-order valence-corrected chi connectivity index (χ0v) is 17.7. The Labute approximate surface area is 191 Å². The molecule has 0 radical (unpaired) electrons. The van der Waals surface area contributed by atoms with Gasteiger partial charge in [0.25, 0.3) is 0 Å². The first-order valence-corrected chi connectivity index (χ1v) is 10.0. The van der Waals surface area contributed by atoms with Crippen LogP contribution in [-0.2, 0) is 4.74 Å². The molecule has 1 fully saturated rings. The number of rotatable bonds is 5. The highest BCUT2D eigenvalue weighted by Crippen LogP contribution is 2.44. The summed E-state index contributed by atoms with van der Waals surface area (Å²) in [4.78, 5) is 12.8. The van der Waals surface area contributed by atoms with Gasteiger partial charge in [0.15, 0.2) is 28.4 Å². The van der Waals surface area contributed by atoms with Gasteiger partial charge >= 0.3 is 0 Å². The van der Waals surface area contributed by atoms with Crippen molar-refractivity contribution >= 4 is 11.0 Å². The van der Waals surface area contributed by atoms with Gasteiger partial charge in [-0.2, -0.15) is 0 Å². The van der Waals surface area contributed by atoms with Crippen LogP contribution in [-0.4, -0.2) is 80.2 Å². The van der Waals surface area contributed by atoms with Gasteiger partial charge in [-0.05, 0) is 18.2 Å². The fraction of sp³-hybridized carbons (Fsp3) is 0.318. The number of ether oxygens (including phenoxy) is 3. The summed E-state index contributed by atoms with van der Waals surface area (Å²) in [5.74, 6) is -2.01. The summed E-state index contributed by atoms with van der Waals surface area (Å²) in [6.07, 6.45) is -8.00. The minimum Gasteiger partial charge on any atom is -0.504 e. The van der Waals surface area contributed by atoms with Gasteiger partial charge in [0.1, 0.15) is 41.1 Å². The highest BCUT2D eigenvalue weighted by atomic mass is 16.7. The lowest BCUT2D eigenvalue weighted by molar-refractivity contribution is -0.277. The molecule has 182 valence electrons. The number of hydrogen-bond donors (Lipinski definition) is 7. The molecule has 34 heavy (non-hydrogen) atoms. The van der Waals surface area contributed by atoms with Crippen molar-refractivity contribution in [1.82, 2.24) is 0 Å². The highest BCUT2D eigenvalue weighted by molar-refractivity contribution is 5.89. The van der Waals surface area contributed by atoms with E-state index in [0.29, 0.717) is 0 Å². The van der Waals surface area contributed by atoms with Gasteiger partial charge in [-0.1, -0.05) is 0 Å². The molecule has 0 bridgehead atoms. The van der Waals surface area contributed by atoms with E-state index in [4.69, 9.17) is 18.6 Å². The SMILES string of the molecule is COc1cc2oc(-c3ccc(O)c(O)c3)cc(=O)c2c(O)c1O[C@H]1O[C@H](CO)[C@H](O)[C@@H](O)[C@H]1O.